The molecule has 0 atom stereocenters. The summed E-state index contributed by atoms with van der Waals surface area (Å²) >= 11 is 0. The number of allylic oxidation sites excluding steroid dienone is 1. The highest BCUT2D eigenvalue weighted by Gasteiger charge is 2.35. The van der Waals surface area contributed by atoms with Crippen LogP contribution in [0.15, 0.2) is 35.8 Å². The van der Waals surface area contributed by atoms with E-state index < -0.39 is 0 Å². The van der Waals surface area contributed by atoms with Gasteiger partial charge in [0.1, 0.15) is 0 Å². The molecule has 2 aliphatic heterocycles. The molecule has 1 saturated heterocycles. The molecule has 6 nitrogen and oxygen atoms in total. The summed E-state index contributed by atoms with van der Waals surface area (Å²) in [4.78, 5) is 7.24. The van der Waals surface area contributed by atoms with Gasteiger partial charge in [-0.05, 0) is 50.3 Å². The van der Waals surface area contributed by atoms with Gasteiger partial charge in [0.05, 0.1) is 6.54 Å². The number of unbranched alkanes of at least 4 members (excludes halogenated alkanes) is 1. The van der Waals surface area contributed by atoms with Crippen molar-refractivity contribution in [2.75, 3.05) is 46.7 Å². The van der Waals surface area contributed by atoms with Crippen LogP contribution in [0, 0.1) is 0 Å². The number of rotatable bonds is 8. The van der Waals surface area contributed by atoms with Crippen LogP contribution >= 0.6 is 0 Å². The standard InChI is InChI=1S/C22H33N3O3/c1-4-6-7-12-25(3)21(23-5-2)24-16-22(10-13-26-14-11-22)18-8-9-19-20(15-18)28-17-27-19/h4,8-9,15H,1,5-7,10-14,16-17H2,2-3H3,(H,23,24). The van der Waals surface area contributed by atoms with E-state index in [4.69, 9.17) is 19.2 Å². The summed E-state index contributed by atoms with van der Waals surface area (Å²) in [6.45, 7) is 10.3. The number of hydrogen-bond donors (Lipinski definition) is 1. The molecule has 0 bridgehead atoms. The van der Waals surface area contributed by atoms with Gasteiger partial charge in [-0.2, -0.15) is 0 Å². The van der Waals surface area contributed by atoms with E-state index >= 15 is 0 Å². The molecule has 2 aliphatic rings. The van der Waals surface area contributed by atoms with E-state index in [0.717, 1.165) is 76.0 Å². The summed E-state index contributed by atoms with van der Waals surface area (Å²) in [6.07, 6.45) is 5.97. The number of nitrogens with zero attached hydrogens (tertiary/aromatic N) is 2. The molecule has 0 unspecified atom stereocenters. The lowest BCUT2D eigenvalue weighted by atomic mass is 9.74. The maximum Gasteiger partial charge on any atom is 0.231 e. The first kappa shape index (κ1) is 20.5. The lowest BCUT2D eigenvalue weighted by molar-refractivity contribution is 0.0529. The first-order valence-corrected chi connectivity index (χ1v) is 10.3. The number of fused-ring (bicyclic) bond motifs is 1. The van der Waals surface area contributed by atoms with Gasteiger partial charge < -0.3 is 24.4 Å². The number of aliphatic imine (C=N–C) groups is 1. The highest BCUT2D eigenvalue weighted by Crippen LogP contribution is 2.41. The van der Waals surface area contributed by atoms with Crippen molar-refractivity contribution < 1.29 is 14.2 Å². The molecule has 28 heavy (non-hydrogen) atoms. The lowest BCUT2D eigenvalue weighted by Crippen LogP contribution is -2.42. The largest absolute Gasteiger partial charge is 0.454 e. The monoisotopic (exact) mass is 387 g/mol. The Morgan fingerprint density at radius 3 is 2.82 bits per heavy atom. The fourth-order valence-corrected chi connectivity index (χ4v) is 3.80. The third kappa shape index (κ3) is 4.79. The molecule has 0 radical (unpaired) electrons. The van der Waals surface area contributed by atoms with Gasteiger partial charge in [0, 0.05) is 38.8 Å². The van der Waals surface area contributed by atoms with E-state index in [1.807, 2.05) is 12.1 Å². The van der Waals surface area contributed by atoms with Gasteiger partial charge >= 0.3 is 0 Å². The van der Waals surface area contributed by atoms with Crippen LogP contribution in [0.2, 0.25) is 0 Å². The summed E-state index contributed by atoms with van der Waals surface area (Å²) in [5.74, 6) is 2.61. The van der Waals surface area contributed by atoms with Crippen LogP contribution in [0.5, 0.6) is 11.5 Å². The molecule has 0 amide bonds. The van der Waals surface area contributed by atoms with Crippen LogP contribution in [-0.4, -0.2) is 57.5 Å². The second kappa shape index (κ2) is 9.82. The van der Waals surface area contributed by atoms with Crippen molar-refractivity contribution in [2.45, 2.75) is 38.0 Å². The molecule has 154 valence electrons. The molecular weight excluding hydrogens is 354 g/mol. The zero-order chi connectivity index (χ0) is 19.8. The lowest BCUT2D eigenvalue weighted by Gasteiger charge is -2.37. The molecule has 0 aromatic heterocycles. The van der Waals surface area contributed by atoms with Crippen LogP contribution in [0.25, 0.3) is 0 Å². The molecule has 1 aromatic rings. The summed E-state index contributed by atoms with van der Waals surface area (Å²) < 4.78 is 16.8. The zero-order valence-electron chi connectivity index (χ0n) is 17.2. The predicted molar refractivity (Wildman–Crippen MR) is 112 cm³/mol. The highest BCUT2D eigenvalue weighted by atomic mass is 16.7. The molecule has 3 rings (SSSR count). The summed E-state index contributed by atoms with van der Waals surface area (Å²) in [7, 11) is 2.10. The Bertz CT molecular complexity index is 684. The Kier molecular flexibility index (Phi) is 7.20. The van der Waals surface area contributed by atoms with E-state index in [1.165, 1.54) is 5.56 Å². The zero-order valence-corrected chi connectivity index (χ0v) is 17.2. The van der Waals surface area contributed by atoms with E-state index in [1.54, 1.807) is 0 Å². The van der Waals surface area contributed by atoms with E-state index in [9.17, 15) is 0 Å². The van der Waals surface area contributed by atoms with Crippen molar-refractivity contribution >= 4 is 5.96 Å². The molecule has 0 spiro atoms. The maximum absolute atomic E-state index is 5.67. The summed E-state index contributed by atoms with van der Waals surface area (Å²) in [5.41, 5.74) is 1.22. The fraction of sp³-hybridized carbons (Fsp3) is 0.591. The third-order valence-electron chi connectivity index (χ3n) is 5.56. The smallest absolute Gasteiger partial charge is 0.231 e. The minimum absolute atomic E-state index is 0.0398. The highest BCUT2D eigenvalue weighted by molar-refractivity contribution is 5.79. The van der Waals surface area contributed by atoms with Gasteiger partial charge in [0.15, 0.2) is 17.5 Å². The SMILES string of the molecule is C=CCCCN(C)C(=NCC1(c2ccc3c(c2)OCO3)CCOCC1)NCC. The number of ether oxygens (including phenoxy) is 3. The number of hydrogen-bond acceptors (Lipinski definition) is 4. The van der Waals surface area contributed by atoms with E-state index in [0.29, 0.717) is 6.79 Å². The number of guanidine groups is 1. The molecule has 2 heterocycles. The van der Waals surface area contributed by atoms with Crippen molar-refractivity contribution in [1.29, 1.82) is 0 Å². The average Bonchev–Trinajstić information content (AvgIpc) is 3.20. The molecular formula is C22H33N3O3. The van der Waals surface area contributed by atoms with Crippen LogP contribution in [0.4, 0.5) is 0 Å². The predicted octanol–water partition coefficient (Wildman–Crippen LogP) is 3.33. The van der Waals surface area contributed by atoms with Gasteiger partial charge in [-0.3, -0.25) is 4.99 Å². The third-order valence-corrected chi connectivity index (χ3v) is 5.56. The quantitative estimate of drug-likeness (QED) is 0.321. The Hall–Kier alpha value is -2.21. The number of nitrogens with one attached hydrogen (secondary N) is 1. The topological polar surface area (TPSA) is 55.3 Å². The van der Waals surface area contributed by atoms with Gasteiger partial charge in [-0.15, -0.1) is 6.58 Å². The summed E-state index contributed by atoms with van der Waals surface area (Å²) in [6, 6.07) is 6.31. The Morgan fingerprint density at radius 2 is 2.07 bits per heavy atom. The van der Waals surface area contributed by atoms with Gasteiger partial charge in [0.2, 0.25) is 6.79 Å². The number of benzene rings is 1. The second-order valence-corrected chi connectivity index (χ2v) is 7.48. The van der Waals surface area contributed by atoms with Crippen molar-refractivity contribution in [3.05, 3.63) is 36.4 Å². The maximum atomic E-state index is 5.67. The van der Waals surface area contributed by atoms with Gasteiger partial charge in [0.25, 0.3) is 0 Å². The first-order valence-electron chi connectivity index (χ1n) is 10.3. The summed E-state index contributed by atoms with van der Waals surface area (Å²) in [5, 5.41) is 3.43. The van der Waals surface area contributed by atoms with Crippen LogP contribution in [-0.2, 0) is 10.2 Å². The Balaban J connectivity index is 1.80. The van der Waals surface area contributed by atoms with Crippen LogP contribution < -0.4 is 14.8 Å². The minimum Gasteiger partial charge on any atom is -0.454 e. The Morgan fingerprint density at radius 1 is 1.29 bits per heavy atom. The normalized spacial score (nSPS) is 18.0. The van der Waals surface area contributed by atoms with Gasteiger partial charge in [-0.1, -0.05) is 12.1 Å². The van der Waals surface area contributed by atoms with Crippen LogP contribution in [0.3, 0.4) is 0 Å². The van der Waals surface area contributed by atoms with E-state index in [2.05, 4.69) is 42.9 Å². The fourth-order valence-electron chi connectivity index (χ4n) is 3.80. The van der Waals surface area contributed by atoms with Crippen molar-refractivity contribution in [2.24, 2.45) is 4.99 Å². The van der Waals surface area contributed by atoms with Crippen LogP contribution in [0.1, 0.15) is 38.2 Å². The van der Waals surface area contributed by atoms with Crippen molar-refractivity contribution in [3.63, 3.8) is 0 Å². The van der Waals surface area contributed by atoms with E-state index in [-0.39, 0.29) is 5.41 Å². The molecule has 1 N–H and O–H groups in total. The molecule has 6 heteroatoms. The average molecular weight is 388 g/mol. The molecule has 0 saturated carbocycles. The Labute approximate surface area is 168 Å². The second-order valence-electron chi connectivity index (χ2n) is 7.48. The molecule has 1 aromatic carbocycles. The first-order chi connectivity index (χ1) is 13.7. The molecule has 0 aliphatic carbocycles. The minimum atomic E-state index is -0.0398. The van der Waals surface area contributed by atoms with Crippen molar-refractivity contribution in [3.8, 4) is 11.5 Å². The molecule has 1 fully saturated rings. The van der Waals surface area contributed by atoms with Gasteiger partial charge in [-0.25, -0.2) is 0 Å². The van der Waals surface area contributed by atoms with Crippen molar-refractivity contribution in [1.82, 2.24) is 10.2 Å².